The third kappa shape index (κ3) is 4.08. The molecule has 1 saturated heterocycles. The van der Waals surface area contributed by atoms with E-state index >= 15 is 0 Å². The Bertz CT molecular complexity index is 726. The van der Waals surface area contributed by atoms with Gasteiger partial charge in [0.25, 0.3) is 0 Å². The molecule has 1 aliphatic carbocycles. The van der Waals surface area contributed by atoms with Gasteiger partial charge in [0.2, 0.25) is 5.91 Å². The Morgan fingerprint density at radius 1 is 1.24 bits per heavy atom. The molecular weight excluding hydrogens is 316 g/mol. The molecule has 1 amide bonds. The number of nitrogens with zero attached hydrogens (tertiary/aromatic N) is 3. The summed E-state index contributed by atoms with van der Waals surface area (Å²) in [5.41, 5.74) is 1.18. The average Bonchev–Trinajstić information content (AvgIpc) is 3.39. The Hall–Kier alpha value is -2.18. The number of nitrogens with one attached hydrogen (secondary N) is 1. The van der Waals surface area contributed by atoms with Gasteiger partial charge in [-0.25, -0.2) is 0 Å². The van der Waals surface area contributed by atoms with Crippen LogP contribution in [-0.4, -0.2) is 46.3 Å². The molecule has 0 radical (unpaired) electrons. The van der Waals surface area contributed by atoms with Crippen molar-refractivity contribution in [3.63, 3.8) is 0 Å². The van der Waals surface area contributed by atoms with Crippen molar-refractivity contribution in [3.8, 4) is 0 Å². The summed E-state index contributed by atoms with van der Waals surface area (Å²) in [5, 5.41) is 7.07. The number of anilines is 1. The van der Waals surface area contributed by atoms with Crippen molar-refractivity contribution >= 4 is 11.7 Å². The monoisotopic (exact) mass is 340 g/mol. The van der Waals surface area contributed by atoms with E-state index in [2.05, 4.69) is 27.4 Å². The van der Waals surface area contributed by atoms with E-state index in [-0.39, 0.29) is 18.1 Å². The number of hydrogen-bond acceptors (Lipinski definition) is 4. The van der Waals surface area contributed by atoms with Crippen LogP contribution in [0.25, 0.3) is 0 Å². The van der Waals surface area contributed by atoms with Gasteiger partial charge in [0.15, 0.2) is 5.82 Å². The highest BCUT2D eigenvalue weighted by atomic mass is 16.5. The van der Waals surface area contributed by atoms with Crippen LogP contribution >= 0.6 is 0 Å². The third-order valence-corrected chi connectivity index (χ3v) is 4.87. The van der Waals surface area contributed by atoms with Crippen molar-refractivity contribution in [1.82, 2.24) is 14.7 Å². The molecule has 6 heteroatoms. The minimum atomic E-state index is -0.0260. The number of aromatic nitrogens is 2. The maximum Gasteiger partial charge on any atom is 0.239 e. The summed E-state index contributed by atoms with van der Waals surface area (Å²) in [6, 6.07) is 12.1. The zero-order valence-electron chi connectivity index (χ0n) is 14.5. The Morgan fingerprint density at radius 3 is 2.72 bits per heavy atom. The highest BCUT2D eigenvalue weighted by Gasteiger charge is 2.39. The highest BCUT2D eigenvalue weighted by Crippen LogP contribution is 2.39. The van der Waals surface area contributed by atoms with Crippen LogP contribution in [0, 0.1) is 5.92 Å². The van der Waals surface area contributed by atoms with Crippen molar-refractivity contribution in [2.75, 3.05) is 25.0 Å². The van der Waals surface area contributed by atoms with Crippen LogP contribution in [0.15, 0.2) is 42.6 Å². The highest BCUT2D eigenvalue weighted by molar-refractivity contribution is 5.91. The quantitative estimate of drug-likeness (QED) is 0.907. The second kappa shape index (κ2) is 6.98. The van der Waals surface area contributed by atoms with E-state index in [1.54, 1.807) is 10.7 Å². The van der Waals surface area contributed by atoms with Gasteiger partial charge < -0.3 is 10.1 Å². The number of rotatable bonds is 5. The van der Waals surface area contributed by atoms with E-state index in [1.807, 2.05) is 31.4 Å². The zero-order valence-corrected chi connectivity index (χ0v) is 14.5. The topological polar surface area (TPSA) is 59.4 Å². The number of carbonyl (C=O) groups is 1. The minimum Gasteiger partial charge on any atom is -0.367 e. The summed E-state index contributed by atoms with van der Waals surface area (Å²) in [6.07, 6.45) is 4.55. The fraction of sp³-hybridized carbons (Fsp3) is 0.474. The summed E-state index contributed by atoms with van der Waals surface area (Å²) in [7, 11) is 1.84. The van der Waals surface area contributed by atoms with Crippen LogP contribution in [0.3, 0.4) is 0 Å². The molecule has 0 bridgehead atoms. The molecule has 4 rings (SSSR count). The summed E-state index contributed by atoms with van der Waals surface area (Å²) < 4.78 is 8.02. The van der Waals surface area contributed by atoms with E-state index in [1.165, 1.54) is 18.4 Å². The summed E-state index contributed by atoms with van der Waals surface area (Å²) in [6.45, 7) is 1.93. The molecule has 1 aromatic carbocycles. The molecule has 25 heavy (non-hydrogen) atoms. The molecule has 2 heterocycles. The zero-order chi connectivity index (χ0) is 17.2. The van der Waals surface area contributed by atoms with Crippen molar-refractivity contribution < 1.29 is 9.53 Å². The summed E-state index contributed by atoms with van der Waals surface area (Å²) in [4.78, 5) is 14.6. The van der Waals surface area contributed by atoms with Crippen LogP contribution in [0.1, 0.15) is 24.5 Å². The number of morpholine rings is 1. The lowest BCUT2D eigenvalue weighted by Crippen LogP contribution is -2.47. The predicted octanol–water partition coefficient (Wildman–Crippen LogP) is 2.21. The maximum absolute atomic E-state index is 12.4. The van der Waals surface area contributed by atoms with Gasteiger partial charge in [-0.3, -0.25) is 14.4 Å². The van der Waals surface area contributed by atoms with Gasteiger partial charge in [-0.1, -0.05) is 30.3 Å². The number of benzene rings is 1. The molecule has 6 nitrogen and oxygen atoms in total. The smallest absolute Gasteiger partial charge is 0.239 e. The Morgan fingerprint density at radius 2 is 2.04 bits per heavy atom. The third-order valence-electron chi connectivity index (χ3n) is 4.87. The molecule has 0 unspecified atom stereocenters. The maximum atomic E-state index is 12.4. The molecular formula is C19H24N4O2. The molecule has 1 aromatic heterocycles. The molecule has 2 fully saturated rings. The Labute approximate surface area is 147 Å². The van der Waals surface area contributed by atoms with Crippen molar-refractivity contribution in [2.45, 2.75) is 25.0 Å². The lowest BCUT2D eigenvalue weighted by molar-refractivity contribution is -0.124. The fourth-order valence-corrected chi connectivity index (χ4v) is 3.44. The summed E-state index contributed by atoms with van der Waals surface area (Å²) in [5.74, 6) is 1.22. The van der Waals surface area contributed by atoms with Crippen LogP contribution in [0.2, 0.25) is 0 Å². The van der Waals surface area contributed by atoms with Crippen molar-refractivity contribution in [3.05, 3.63) is 48.2 Å². The molecule has 2 atom stereocenters. The van der Waals surface area contributed by atoms with Crippen LogP contribution in [-0.2, 0) is 16.6 Å². The fourth-order valence-electron chi connectivity index (χ4n) is 3.44. The van der Waals surface area contributed by atoms with Crippen LogP contribution in [0.5, 0.6) is 0 Å². The molecule has 0 spiro atoms. The lowest BCUT2D eigenvalue weighted by Gasteiger charge is -2.38. The second-order valence-electron chi connectivity index (χ2n) is 7.03. The molecule has 1 saturated carbocycles. The standard InChI is InChI=1S/C19H24N4O2/c1-22-10-9-18(21-22)20-19(24)13-23-11-16(14-5-3-2-4-6-14)25-17(12-23)15-7-8-15/h2-6,9-10,15-17H,7-8,11-13H2,1H3,(H,20,21,24)/t16-,17+/m0/s1. The number of carbonyl (C=O) groups excluding carboxylic acids is 1. The second-order valence-corrected chi connectivity index (χ2v) is 7.03. The number of ether oxygens (including phenoxy) is 1. The number of amides is 1. The molecule has 2 aliphatic rings. The molecule has 132 valence electrons. The molecule has 1 aliphatic heterocycles. The first-order valence-electron chi connectivity index (χ1n) is 8.89. The van der Waals surface area contributed by atoms with Crippen LogP contribution in [0.4, 0.5) is 5.82 Å². The Kier molecular flexibility index (Phi) is 4.55. The first-order valence-corrected chi connectivity index (χ1v) is 8.89. The number of aryl methyl sites for hydroxylation is 1. The Balaban J connectivity index is 1.41. The van der Waals surface area contributed by atoms with Gasteiger partial charge in [0.1, 0.15) is 0 Å². The van der Waals surface area contributed by atoms with E-state index in [0.717, 1.165) is 13.1 Å². The molecule has 2 aromatic rings. The van der Waals surface area contributed by atoms with Gasteiger partial charge >= 0.3 is 0 Å². The van der Waals surface area contributed by atoms with E-state index in [0.29, 0.717) is 18.3 Å². The van der Waals surface area contributed by atoms with E-state index in [9.17, 15) is 4.79 Å². The van der Waals surface area contributed by atoms with Gasteiger partial charge in [0, 0.05) is 32.4 Å². The SMILES string of the molecule is Cn1ccc(NC(=O)CN2C[C@@H](c3ccccc3)O[C@@H](C3CC3)C2)n1. The van der Waals surface area contributed by atoms with Crippen molar-refractivity contribution in [1.29, 1.82) is 0 Å². The van der Waals surface area contributed by atoms with Gasteiger partial charge in [-0.15, -0.1) is 0 Å². The predicted molar refractivity (Wildman–Crippen MR) is 95.1 cm³/mol. The average molecular weight is 340 g/mol. The van der Waals surface area contributed by atoms with E-state index in [4.69, 9.17) is 4.74 Å². The van der Waals surface area contributed by atoms with Gasteiger partial charge in [-0.05, 0) is 24.3 Å². The van der Waals surface area contributed by atoms with Crippen molar-refractivity contribution in [2.24, 2.45) is 13.0 Å². The molecule has 1 N–H and O–H groups in total. The normalized spacial score (nSPS) is 24.2. The summed E-state index contributed by atoms with van der Waals surface area (Å²) >= 11 is 0. The first kappa shape index (κ1) is 16.3. The number of hydrogen-bond donors (Lipinski definition) is 1. The minimum absolute atomic E-state index is 0.0260. The van der Waals surface area contributed by atoms with Gasteiger partial charge in [0.05, 0.1) is 18.8 Å². The van der Waals surface area contributed by atoms with Gasteiger partial charge in [-0.2, -0.15) is 5.10 Å². The van der Waals surface area contributed by atoms with E-state index < -0.39 is 0 Å². The largest absolute Gasteiger partial charge is 0.367 e. The first-order chi connectivity index (χ1) is 12.2. The van der Waals surface area contributed by atoms with Crippen LogP contribution < -0.4 is 5.32 Å². The lowest BCUT2D eigenvalue weighted by atomic mass is 10.0.